The van der Waals surface area contributed by atoms with Crippen LogP contribution in [0.5, 0.6) is 0 Å². The Morgan fingerprint density at radius 3 is 2.71 bits per heavy atom. The molecule has 2 nitrogen and oxygen atoms in total. The lowest BCUT2D eigenvalue weighted by Crippen LogP contribution is -2.22. The second kappa shape index (κ2) is 8.76. The number of hydrogen-bond donors (Lipinski definition) is 1. The quantitative estimate of drug-likeness (QED) is 0.371. The van der Waals surface area contributed by atoms with Gasteiger partial charge in [-0.2, -0.15) is 0 Å². The Kier molecular flexibility index (Phi) is 7.07. The number of allylic oxidation sites excluding steroid dienone is 2. The highest BCUT2D eigenvalue weighted by Gasteiger charge is 1.91. The minimum atomic E-state index is -0.0522. The lowest BCUT2D eigenvalue weighted by molar-refractivity contribution is -0.116. The van der Waals surface area contributed by atoms with Gasteiger partial charge in [-0.05, 0) is 12.0 Å². The summed E-state index contributed by atoms with van der Waals surface area (Å²) in [7, 11) is 0. The van der Waals surface area contributed by atoms with Crippen molar-refractivity contribution >= 4 is 27.9 Å². The molecule has 1 aromatic rings. The Morgan fingerprint density at radius 2 is 2.00 bits per heavy atom. The Labute approximate surface area is 111 Å². The second-order valence-electron chi connectivity index (χ2n) is 3.46. The predicted octanol–water partition coefficient (Wildman–Crippen LogP) is 3.16. The fraction of sp³-hybridized carbons (Fsp3) is 0.214. The molecular formula is C14H16BrNO. The van der Waals surface area contributed by atoms with Crippen LogP contribution in [0.15, 0.2) is 48.6 Å². The molecule has 3 heteroatoms. The van der Waals surface area contributed by atoms with E-state index < -0.39 is 0 Å². The van der Waals surface area contributed by atoms with Gasteiger partial charge in [-0.3, -0.25) is 4.79 Å². The summed E-state index contributed by atoms with van der Waals surface area (Å²) in [5.41, 5.74) is 1.12. The third kappa shape index (κ3) is 6.74. The summed E-state index contributed by atoms with van der Waals surface area (Å²) in [6, 6.07) is 9.97. The van der Waals surface area contributed by atoms with Crippen molar-refractivity contribution < 1.29 is 4.79 Å². The number of carbonyl (C=O) groups excluding carboxylic acids is 1. The van der Waals surface area contributed by atoms with Crippen LogP contribution in [0.25, 0.3) is 6.08 Å². The molecule has 0 saturated carbocycles. The minimum absolute atomic E-state index is 0.0522. The molecule has 1 N–H and O–H groups in total. The van der Waals surface area contributed by atoms with E-state index in [9.17, 15) is 4.79 Å². The summed E-state index contributed by atoms with van der Waals surface area (Å²) in [6.07, 6.45) is 8.05. The van der Waals surface area contributed by atoms with Crippen molar-refractivity contribution in [2.75, 3.05) is 11.9 Å². The first-order valence-corrected chi connectivity index (χ1v) is 6.68. The minimum Gasteiger partial charge on any atom is -0.353 e. The number of hydrogen-bond acceptors (Lipinski definition) is 1. The van der Waals surface area contributed by atoms with Crippen LogP contribution in [0.4, 0.5) is 0 Å². The molecule has 0 saturated heterocycles. The highest BCUT2D eigenvalue weighted by atomic mass is 79.9. The molecule has 0 heterocycles. The number of nitrogens with one attached hydrogen (secondary N) is 1. The molecule has 0 radical (unpaired) electrons. The average Bonchev–Trinajstić information content (AvgIpc) is 2.36. The first kappa shape index (κ1) is 13.7. The van der Waals surface area contributed by atoms with E-state index >= 15 is 0 Å². The van der Waals surface area contributed by atoms with Crippen molar-refractivity contribution in [2.24, 2.45) is 0 Å². The zero-order valence-corrected chi connectivity index (χ0v) is 11.2. The summed E-state index contributed by atoms with van der Waals surface area (Å²) in [6.45, 7) is 0.705. The predicted molar refractivity (Wildman–Crippen MR) is 76.0 cm³/mol. The van der Waals surface area contributed by atoms with Crippen molar-refractivity contribution in [1.29, 1.82) is 0 Å². The number of halogens is 1. The normalized spacial score (nSPS) is 11.1. The van der Waals surface area contributed by atoms with Gasteiger partial charge >= 0.3 is 0 Å². The van der Waals surface area contributed by atoms with Crippen LogP contribution in [-0.2, 0) is 4.79 Å². The zero-order chi connectivity index (χ0) is 12.3. The second-order valence-corrected chi connectivity index (χ2v) is 4.26. The third-order valence-electron chi connectivity index (χ3n) is 2.06. The van der Waals surface area contributed by atoms with Crippen LogP contribution < -0.4 is 5.32 Å². The van der Waals surface area contributed by atoms with Gasteiger partial charge in [-0.1, -0.05) is 64.5 Å². The first-order valence-electron chi connectivity index (χ1n) is 5.56. The number of carbonyl (C=O) groups is 1. The van der Waals surface area contributed by atoms with Gasteiger partial charge in [0.05, 0.1) is 0 Å². The van der Waals surface area contributed by atoms with E-state index in [0.717, 1.165) is 17.3 Å². The highest BCUT2D eigenvalue weighted by molar-refractivity contribution is 9.09. The van der Waals surface area contributed by atoms with Crippen LogP contribution in [-0.4, -0.2) is 17.8 Å². The van der Waals surface area contributed by atoms with Gasteiger partial charge < -0.3 is 5.32 Å². The Bertz CT molecular complexity index is 384. The van der Waals surface area contributed by atoms with Crippen molar-refractivity contribution in [1.82, 2.24) is 5.32 Å². The van der Waals surface area contributed by atoms with Crippen molar-refractivity contribution in [2.45, 2.75) is 6.42 Å². The SMILES string of the molecule is O=C(/C=C/C=C/c1ccccc1)NCCCBr. The number of alkyl halides is 1. The molecule has 1 rings (SSSR count). The fourth-order valence-electron chi connectivity index (χ4n) is 1.21. The van der Waals surface area contributed by atoms with E-state index in [1.807, 2.05) is 42.5 Å². The maximum absolute atomic E-state index is 11.3. The monoisotopic (exact) mass is 293 g/mol. The van der Waals surface area contributed by atoms with Crippen LogP contribution in [0.3, 0.4) is 0 Å². The van der Waals surface area contributed by atoms with Crippen LogP contribution >= 0.6 is 15.9 Å². The Morgan fingerprint density at radius 1 is 1.24 bits per heavy atom. The lowest BCUT2D eigenvalue weighted by Gasteiger charge is -1.97. The first-order chi connectivity index (χ1) is 8.33. The molecule has 0 spiro atoms. The summed E-state index contributed by atoms with van der Waals surface area (Å²) in [5.74, 6) is -0.0522. The molecule has 0 bridgehead atoms. The zero-order valence-electron chi connectivity index (χ0n) is 9.60. The molecule has 0 atom stereocenters. The van der Waals surface area contributed by atoms with E-state index in [-0.39, 0.29) is 5.91 Å². The lowest BCUT2D eigenvalue weighted by atomic mass is 10.2. The van der Waals surface area contributed by atoms with Gasteiger partial charge in [0.15, 0.2) is 0 Å². The van der Waals surface area contributed by atoms with Gasteiger partial charge in [0, 0.05) is 18.0 Å². The van der Waals surface area contributed by atoms with Gasteiger partial charge in [0.25, 0.3) is 0 Å². The average molecular weight is 294 g/mol. The molecule has 0 aliphatic carbocycles. The Hall–Kier alpha value is -1.35. The molecule has 1 amide bonds. The van der Waals surface area contributed by atoms with Crippen molar-refractivity contribution in [3.63, 3.8) is 0 Å². The van der Waals surface area contributed by atoms with Crippen LogP contribution in [0.2, 0.25) is 0 Å². The van der Waals surface area contributed by atoms with Crippen LogP contribution in [0.1, 0.15) is 12.0 Å². The fourth-order valence-corrected chi connectivity index (χ4v) is 1.49. The summed E-state index contributed by atoms with van der Waals surface area (Å²) in [5, 5.41) is 3.70. The third-order valence-corrected chi connectivity index (χ3v) is 2.62. The van der Waals surface area contributed by atoms with Crippen molar-refractivity contribution in [3.05, 3.63) is 54.1 Å². The molecular weight excluding hydrogens is 278 g/mol. The van der Waals surface area contributed by atoms with Gasteiger partial charge in [0.1, 0.15) is 0 Å². The number of rotatable bonds is 6. The van der Waals surface area contributed by atoms with E-state index in [2.05, 4.69) is 21.2 Å². The molecule has 0 aromatic heterocycles. The smallest absolute Gasteiger partial charge is 0.243 e. The molecule has 0 unspecified atom stereocenters. The van der Waals surface area contributed by atoms with Crippen LogP contribution in [0, 0.1) is 0 Å². The van der Waals surface area contributed by atoms with E-state index in [0.29, 0.717) is 6.54 Å². The maximum atomic E-state index is 11.3. The van der Waals surface area contributed by atoms with Gasteiger partial charge in [0.2, 0.25) is 5.91 Å². The van der Waals surface area contributed by atoms with Gasteiger partial charge in [-0.25, -0.2) is 0 Å². The highest BCUT2D eigenvalue weighted by Crippen LogP contribution is 2.00. The van der Waals surface area contributed by atoms with E-state index in [4.69, 9.17) is 0 Å². The number of benzene rings is 1. The largest absolute Gasteiger partial charge is 0.353 e. The van der Waals surface area contributed by atoms with Gasteiger partial charge in [-0.15, -0.1) is 0 Å². The topological polar surface area (TPSA) is 29.1 Å². The standard InChI is InChI=1S/C14H16BrNO/c15-11-6-12-16-14(17)10-5-4-9-13-7-2-1-3-8-13/h1-5,7-10H,6,11-12H2,(H,16,17)/b9-4+,10-5+. The van der Waals surface area contributed by atoms with E-state index in [1.54, 1.807) is 6.08 Å². The summed E-state index contributed by atoms with van der Waals surface area (Å²) >= 11 is 3.31. The number of amides is 1. The maximum Gasteiger partial charge on any atom is 0.243 e. The summed E-state index contributed by atoms with van der Waals surface area (Å²) < 4.78 is 0. The van der Waals surface area contributed by atoms with Crippen molar-refractivity contribution in [3.8, 4) is 0 Å². The molecule has 0 aliphatic heterocycles. The molecule has 0 aliphatic rings. The summed E-state index contributed by atoms with van der Waals surface area (Å²) in [4.78, 5) is 11.3. The molecule has 1 aromatic carbocycles. The molecule has 17 heavy (non-hydrogen) atoms. The molecule has 0 fully saturated rings. The van der Waals surface area contributed by atoms with E-state index in [1.165, 1.54) is 6.08 Å². The molecule has 90 valence electrons. The Balaban J connectivity index is 2.30.